The van der Waals surface area contributed by atoms with Gasteiger partial charge in [0.05, 0.1) is 0 Å². The van der Waals surface area contributed by atoms with E-state index >= 15 is 0 Å². The van der Waals surface area contributed by atoms with Crippen LogP contribution in [0.3, 0.4) is 0 Å². The molecule has 0 atom stereocenters. The lowest BCUT2D eigenvalue weighted by molar-refractivity contribution is 0.101. The SMILES string of the molecule is C=C/C(=C\N=C(C)N1CC2(CC2)c2ccc(C(C)=O)cc21)c1ccccc1C. The van der Waals surface area contributed by atoms with Gasteiger partial charge in [0.1, 0.15) is 5.84 Å². The predicted molar refractivity (Wildman–Crippen MR) is 117 cm³/mol. The van der Waals surface area contributed by atoms with Crippen LogP contribution in [-0.4, -0.2) is 18.2 Å². The molecule has 1 fully saturated rings. The summed E-state index contributed by atoms with van der Waals surface area (Å²) in [6.07, 6.45) is 6.17. The van der Waals surface area contributed by atoms with Gasteiger partial charge in [-0.2, -0.15) is 0 Å². The van der Waals surface area contributed by atoms with Gasteiger partial charge >= 0.3 is 0 Å². The molecule has 0 unspecified atom stereocenters. The van der Waals surface area contributed by atoms with Crippen LogP contribution in [0.5, 0.6) is 0 Å². The van der Waals surface area contributed by atoms with Crippen molar-refractivity contribution >= 4 is 22.9 Å². The highest BCUT2D eigenvalue weighted by Gasteiger charge is 2.52. The number of aryl methyl sites for hydroxylation is 1. The molecule has 0 N–H and O–H groups in total. The molecular formula is C25H26N2O. The molecule has 2 aromatic rings. The molecule has 1 heterocycles. The van der Waals surface area contributed by atoms with E-state index in [1.807, 2.05) is 43.5 Å². The van der Waals surface area contributed by atoms with Crippen molar-refractivity contribution in [1.29, 1.82) is 0 Å². The van der Waals surface area contributed by atoms with Crippen LogP contribution in [0.15, 0.2) is 66.3 Å². The zero-order chi connectivity index (χ0) is 19.9. The van der Waals surface area contributed by atoms with Gasteiger partial charge in [0, 0.05) is 29.4 Å². The second kappa shape index (κ2) is 6.90. The molecule has 4 rings (SSSR count). The van der Waals surface area contributed by atoms with Crippen LogP contribution in [0, 0.1) is 6.92 Å². The maximum absolute atomic E-state index is 11.9. The first-order valence-electron chi connectivity index (χ1n) is 9.81. The number of fused-ring (bicyclic) bond motifs is 2. The Balaban J connectivity index is 1.70. The molecule has 1 aliphatic heterocycles. The van der Waals surface area contributed by atoms with Gasteiger partial charge in [0.25, 0.3) is 0 Å². The number of anilines is 1. The third-order valence-electron chi connectivity index (χ3n) is 6.04. The fourth-order valence-electron chi connectivity index (χ4n) is 4.12. The minimum Gasteiger partial charge on any atom is -0.329 e. The van der Waals surface area contributed by atoms with Gasteiger partial charge in [-0.1, -0.05) is 49.1 Å². The third kappa shape index (κ3) is 3.11. The molecule has 0 aromatic heterocycles. The van der Waals surface area contributed by atoms with Crippen molar-refractivity contribution in [3.63, 3.8) is 0 Å². The minimum absolute atomic E-state index is 0.0995. The molecule has 1 spiro atoms. The molecule has 3 heteroatoms. The first-order chi connectivity index (χ1) is 13.4. The van der Waals surface area contributed by atoms with E-state index in [4.69, 9.17) is 4.99 Å². The van der Waals surface area contributed by atoms with E-state index in [-0.39, 0.29) is 11.2 Å². The van der Waals surface area contributed by atoms with Crippen molar-refractivity contribution in [2.45, 2.75) is 39.0 Å². The molecule has 28 heavy (non-hydrogen) atoms. The van der Waals surface area contributed by atoms with Crippen LogP contribution >= 0.6 is 0 Å². The van der Waals surface area contributed by atoms with Gasteiger partial charge in [-0.25, -0.2) is 4.99 Å². The highest BCUT2D eigenvalue weighted by Crippen LogP contribution is 2.56. The molecule has 0 saturated heterocycles. The Kier molecular flexibility index (Phi) is 4.54. The lowest BCUT2D eigenvalue weighted by Gasteiger charge is -2.19. The molecule has 0 bridgehead atoms. The molecule has 2 aromatic carbocycles. The van der Waals surface area contributed by atoms with Gasteiger partial charge in [0.15, 0.2) is 5.78 Å². The van der Waals surface area contributed by atoms with Crippen LogP contribution in [0.2, 0.25) is 0 Å². The number of allylic oxidation sites excluding steroid dienone is 2. The van der Waals surface area contributed by atoms with Crippen LogP contribution < -0.4 is 4.90 Å². The van der Waals surface area contributed by atoms with Crippen molar-refractivity contribution in [2.24, 2.45) is 4.99 Å². The van der Waals surface area contributed by atoms with Gasteiger partial charge < -0.3 is 4.90 Å². The topological polar surface area (TPSA) is 32.7 Å². The predicted octanol–water partition coefficient (Wildman–Crippen LogP) is 5.69. The maximum Gasteiger partial charge on any atom is 0.159 e. The smallest absolute Gasteiger partial charge is 0.159 e. The van der Waals surface area contributed by atoms with E-state index in [0.717, 1.165) is 34.8 Å². The van der Waals surface area contributed by atoms with E-state index in [0.29, 0.717) is 0 Å². The summed E-state index contributed by atoms with van der Waals surface area (Å²) in [5.41, 5.74) is 6.87. The van der Waals surface area contributed by atoms with Crippen molar-refractivity contribution in [3.05, 3.63) is 83.6 Å². The minimum atomic E-state index is 0.0995. The number of carbonyl (C=O) groups excluding carboxylic acids is 1. The maximum atomic E-state index is 11.9. The Morgan fingerprint density at radius 2 is 1.93 bits per heavy atom. The molecule has 0 amide bonds. The van der Waals surface area contributed by atoms with E-state index in [2.05, 4.69) is 36.6 Å². The van der Waals surface area contributed by atoms with Crippen LogP contribution in [0.25, 0.3) is 5.57 Å². The number of Topliss-reactive ketones (excluding diaryl/α,β-unsaturated/α-hetero) is 1. The first-order valence-corrected chi connectivity index (χ1v) is 9.81. The van der Waals surface area contributed by atoms with Crippen molar-refractivity contribution in [1.82, 2.24) is 0 Å². The molecular weight excluding hydrogens is 344 g/mol. The fraction of sp³-hybridized carbons (Fsp3) is 0.280. The van der Waals surface area contributed by atoms with E-state index in [1.165, 1.54) is 24.0 Å². The van der Waals surface area contributed by atoms with Crippen LogP contribution in [0.4, 0.5) is 5.69 Å². The molecule has 0 radical (unpaired) electrons. The number of aliphatic imine (C=N–C) groups is 1. The summed E-state index contributed by atoms with van der Waals surface area (Å²) in [4.78, 5) is 18.9. The highest BCUT2D eigenvalue weighted by atomic mass is 16.1. The molecule has 1 aliphatic carbocycles. The number of carbonyl (C=O) groups is 1. The quantitative estimate of drug-likeness (QED) is 0.299. The molecule has 1 saturated carbocycles. The fourth-order valence-corrected chi connectivity index (χ4v) is 4.12. The zero-order valence-electron chi connectivity index (χ0n) is 16.8. The number of rotatable bonds is 4. The van der Waals surface area contributed by atoms with Crippen molar-refractivity contribution in [2.75, 3.05) is 11.4 Å². The molecule has 3 nitrogen and oxygen atoms in total. The summed E-state index contributed by atoms with van der Waals surface area (Å²) in [6.45, 7) is 10.7. The number of nitrogens with zero attached hydrogens (tertiary/aromatic N) is 2. The summed E-state index contributed by atoms with van der Waals surface area (Å²) in [5.74, 6) is 1.04. The van der Waals surface area contributed by atoms with Crippen molar-refractivity contribution in [3.8, 4) is 0 Å². The highest BCUT2D eigenvalue weighted by molar-refractivity contribution is 6.02. The average molecular weight is 370 g/mol. The molecule has 2 aliphatic rings. The summed E-state index contributed by atoms with van der Waals surface area (Å²) in [5, 5.41) is 0. The largest absolute Gasteiger partial charge is 0.329 e. The summed E-state index contributed by atoms with van der Waals surface area (Å²) in [7, 11) is 0. The summed E-state index contributed by atoms with van der Waals surface area (Å²) in [6, 6.07) is 14.4. The zero-order valence-corrected chi connectivity index (χ0v) is 16.8. The third-order valence-corrected chi connectivity index (χ3v) is 6.04. The monoisotopic (exact) mass is 370 g/mol. The second-order valence-electron chi connectivity index (χ2n) is 7.93. The Labute approximate surface area is 167 Å². The van der Waals surface area contributed by atoms with Crippen LogP contribution in [-0.2, 0) is 5.41 Å². The Morgan fingerprint density at radius 1 is 1.18 bits per heavy atom. The summed E-state index contributed by atoms with van der Waals surface area (Å²) < 4.78 is 0. The standard InChI is InChI=1S/C25H26N2O/c1-5-20(22-9-7-6-8-17(22)2)15-26-19(4)27-16-25(12-13-25)23-11-10-21(18(3)28)14-24(23)27/h5-11,14-15H,1,12-13,16H2,2-4H3/b20-15+,26-19?. The van der Waals surface area contributed by atoms with Gasteiger partial charge in [0.2, 0.25) is 0 Å². The van der Waals surface area contributed by atoms with E-state index in [9.17, 15) is 4.79 Å². The van der Waals surface area contributed by atoms with Crippen LogP contribution in [0.1, 0.15) is 53.7 Å². The Hall–Kier alpha value is -2.94. The summed E-state index contributed by atoms with van der Waals surface area (Å²) >= 11 is 0. The lowest BCUT2D eigenvalue weighted by Crippen LogP contribution is -2.29. The van der Waals surface area contributed by atoms with Gasteiger partial charge in [-0.15, -0.1) is 0 Å². The second-order valence-corrected chi connectivity index (χ2v) is 7.93. The van der Waals surface area contributed by atoms with Crippen molar-refractivity contribution < 1.29 is 4.79 Å². The first kappa shape index (κ1) is 18.4. The molecule has 142 valence electrons. The van der Waals surface area contributed by atoms with Gasteiger partial charge in [-0.3, -0.25) is 4.79 Å². The number of hydrogen-bond acceptors (Lipinski definition) is 2. The number of amidine groups is 1. The Bertz CT molecular complexity index is 1020. The lowest BCUT2D eigenvalue weighted by atomic mass is 9.97. The average Bonchev–Trinajstić information content (AvgIpc) is 3.40. The normalized spacial score (nSPS) is 17.6. The Morgan fingerprint density at radius 3 is 2.57 bits per heavy atom. The van der Waals surface area contributed by atoms with E-state index in [1.54, 1.807) is 6.92 Å². The van der Waals surface area contributed by atoms with E-state index < -0.39 is 0 Å². The van der Waals surface area contributed by atoms with Gasteiger partial charge in [-0.05, 0) is 61.9 Å². The number of hydrogen-bond donors (Lipinski definition) is 0. The number of benzene rings is 2. The number of ketones is 1.